The van der Waals surface area contributed by atoms with Crippen LogP contribution in [0.5, 0.6) is 0 Å². The van der Waals surface area contributed by atoms with Crippen LogP contribution in [0.1, 0.15) is 5.56 Å². The third-order valence-electron chi connectivity index (χ3n) is 4.91. The number of hydrogen-bond donors (Lipinski definition) is 2. The van der Waals surface area contributed by atoms with Crippen molar-refractivity contribution >= 4 is 38.5 Å². The van der Waals surface area contributed by atoms with Gasteiger partial charge in [0, 0.05) is 55.4 Å². The summed E-state index contributed by atoms with van der Waals surface area (Å²) < 4.78 is 23.3. The number of aromatic nitrogens is 1. The topological polar surface area (TPSA) is 91.4 Å². The van der Waals surface area contributed by atoms with E-state index in [2.05, 4.69) is 20.5 Å². The van der Waals surface area contributed by atoms with Gasteiger partial charge in [0.15, 0.2) is 9.84 Å². The molecule has 0 bridgehead atoms. The Balaban J connectivity index is 0.000000177. The Morgan fingerprint density at radius 3 is 2.57 bits per heavy atom. The van der Waals surface area contributed by atoms with E-state index in [-0.39, 0.29) is 0 Å². The second-order valence-corrected chi connectivity index (χ2v) is 9.08. The lowest BCUT2D eigenvalue weighted by molar-refractivity contribution is -0.105. The summed E-state index contributed by atoms with van der Waals surface area (Å²) in [4.78, 5) is 17.1. The summed E-state index contributed by atoms with van der Waals surface area (Å²) in [5.41, 5.74) is 3.49. The number of nitrogens with zero attached hydrogens (tertiary/aromatic N) is 2. The Morgan fingerprint density at radius 2 is 1.87 bits per heavy atom. The lowest BCUT2D eigenvalue weighted by atomic mass is 10.2. The highest BCUT2D eigenvalue weighted by Gasteiger charge is 2.15. The number of piperazine rings is 1. The number of nitrogens with one attached hydrogen (secondary N) is 2. The maximum atomic E-state index is 11.7. The minimum Gasteiger partial charge on any atom is -0.369 e. The summed E-state index contributed by atoms with van der Waals surface area (Å²) in [6.45, 7) is 5.57. The molecule has 30 heavy (non-hydrogen) atoms. The second kappa shape index (κ2) is 9.69. The first-order valence-electron chi connectivity index (χ1n) is 9.70. The van der Waals surface area contributed by atoms with Crippen molar-refractivity contribution in [3.63, 3.8) is 0 Å². The van der Waals surface area contributed by atoms with Gasteiger partial charge in [-0.2, -0.15) is 0 Å². The highest BCUT2D eigenvalue weighted by Crippen LogP contribution is 2.23. The van der Waals surface area contributed by atoms with Crippen molar-refractivity contribution < 1.29 is 13.2 Å². The molecule has 2 aromatic carbocycles. The summed E-state index contributed by atoms with van der Waals surface area (Å²) in [5.74, 6) is 0. The van der Waals surface area contributed by atoms with Gasteiger partial charge in [-0.3, -0.25) is 9.78 Å². The first-order valence-corrected chi connectivity index (χ1v) is 11.6. The standard InChI is InChI=1S/C12H18N2O2S.C10H8N2O/c1-10-3-4-11(9-12(10)17(2,15)16)14-7-5-13-6-8-14;13-7-12-10-5-1-4-9-8(10)3-2-6-11-9/h3-4,9,13H,5-8H2,1-2H3;1-7H,(H,12,13). The van der Waals surface area contributed by atoms with Crippen LogP contribution >= 0.6 is 0 Å². The van der Waals surface area contributed by atoms with Gasteiger partial charge in [0.05, 0.1) is 10.4 Å². The molecule has 1 aliphatic rings. The van der Waals surface area contributed by atoms with E-state index in [1.807, 2.05) is 49.4 Å². The van der Waals surface area contributed by atoms with Crippen LogP contribution in [0.4, 0.5) is 11.4 Å². The molecule has 1 aliphatic heterocycles. The van der Waals surface area contributed by atoms with E-state index in [1.54, 1.807) is 12.3 Å². The molecule has 3 aromatic rings. The Morgan fingerprint density at radius 1 is 1.10 bits per heavy atom. The number of pyridine rings is 1. The number of anilines is 2. The number of rotatable bonds is 4. The smallest absolute Gasteiger partial charge is 0.211 e. The van der Waals surface area contributed by atoms with E-state index in [1.165, 1.54) is 6.26 Å². The quantitative estimate of drug-likeness (QED) is 0.623. The molecule has 4 rings (SSSR count). The summed E-state index contributed by atoms with van der Waals surface area (Å²) in [6, 6.07) is 15.1. The van der Waals surface area contributed by atoms with Crippen LogP contribution in [0.15, 0.2) is 59.6 Å². The number of fused-ring (bicyclic) bond motifs is 1. The summed E-state index contributed by atoms with van der Waals surface area (Å²) >= 11 is 0. The molecule has 1 saturated heterocycles. The first kappa shape index (κ1) is 21.7. The molecule has 0 radical (unpaired) electrons. The Labute approximate surface area is 177 Å². The minimum absolute atomic E-state index is 0.438. The van der Waals surface area contributed by atoms with Crippen molar-refractivity contribution in [1.82, 2.24) is 10.3 Å². The zero-order chi connectivity index (χ0) is 21.6. The van der Waals surface area contributed by atoms with Gasteiger partial charge in [0.25, 0.3) is 0 Å². The fourth-order valence-electron chi connectivity index (χ4n) is 3.40. The van der Waals surface area contributed by atoms with Gasteiger partial charge in [-0.05, 0) is 48.9 Å². The van der Waals surface area contributed by atoms with Crippen LogP contribution in [0.3, 0.4) is 0 Å². The van der Waals surface area contributed by atoms with Crippen LogP contribution in [0.2, 0.25) is 0 Å². The van der Waals surface area contributed by atoms with Crippen molar-refractivity contribution in [2.45, 2.75) is 11.8 Å². The maximum Gasteiger partial charge on any atom is 0.211 e. The van der Waals surface area contributed by atoms with Gasteiger partial charge in [-0.25, -0.2) is 8.42 Å². The molecule has 1 fully saturated rings. The van der Waals surface area contributed by atoms with E-state index in [0.29, 0.717) is 11.3 Å². The molecular weight excluding hydrogens is 400 g/mol. The minimum atomic E-state index is -3.14. The zero-order valence-corrected chi connectivity index (χ0v) is 17.9. The van der Waals surface area contributed by atoms with Crippen LogP contribution in [-0.4, -0.2) is 52.2 Å². The molecule has 1 aromatic heterocycles. The normalized spacial score (nSPS) is 14.0. The molecule has 0 saturated carbocycles. The van der Waals surface area contributed by atoms with E-state index in [0.717, 1.165) is 54.0 Å². The monoisotopic (exact) mass is 426 g/mol. The third-order valence-corrected chi connectivity index (χ3v) is 6.15. The fraction of sp³-hybridized carbons (Fsp3) is 0.273. The summed E-state index contributed by atoms with van der Waals surface area (Å²) in [6.07, 6.45) is 3.66. The number of benzene rings is 2. The molecule has 0 spiro atoms. The van der Waals surface area contributed by atoms with Crippen molar-refractivity contribution in [1.29, 1.82) is 0 Å². The predicted molar refractivity (Wildman–Crippen MR) is 121 cm³/mol. The highest BCUT2D eigenvalue weighted by atomic mass is 32.2. The highest BCUT2D eigenvalue weighted by molar-refractivity contribution is 7.90. The molecule has 7 nitrogen and oxygen atoms in total. The molecule has 158 valence electrons. The van der Waals surface area contributed by atoms with Crippen molar-refractivity contribution in [3.05, 3.63) is 60.3 Å². The molecular formula is C22H26N4O3S. The van der Waals surface area contributed by atoms with Crippen molar-refractivity contribution in [2.75, 3.05) is 42.7 Å². The van der Waals surface area contributed by atoms with E-state index >= 15 is 0 Å². The third kappa shape index (κ3) is 5.34. The molecule has 2 N–H and O–H groups in total. The van der Waals surface area contributed by atoms with Gasteiger partial charge >= 0.3 is 0 Å². The van der Waals surface area contributed by atoms with Crippen LogP contribution in [0.25, 0.3) is 10.9 Å². The summed E-state index contributed by atoms with van der Waals surface area (Å²) in [7, 11) is -3.14. The maximum absolute atomic E-state index is 11.7. The average molecular weight is 427 g/mol. The Bertz CT molecular complexity index is 1120. The average Bonchev–Trinajstić information content (AvgIpc) is 2.75. The predicted octanol–water partition coefficient (Wildman–Crippen LogP) is 2.61. The van der Waals surface area contributed by atoms with Gasteiger partial charge in [-0.15, -0.1) is 0 Å². The van der Waals surface area contributed by atoms with Gasteiger partial charge < -0.3 is 15.5 Å². The number of sulfone groups is 1. The zero-order valence-electron chi connectivity index (χ0n) is 17.1. The number of hydrogen-bond acceptors (Lipinski definition) is 6. The molecule has 2 heterocycles. The Hall–Kier alpha value is -2.97. The van der Waals surface area contributed by atoms with Gasteiger partial charge in [0.1, 0.15) is 0 Å². The number of amides is 1. The fourth-order valence-corrected chi connectivity index (χ4v) is 4.39. The van der Waals surface area contributed by atoms with Crippen molar-refractivity contribution in [2.24, 2.45) is 0 Å². The lowest BCUT2D eigenvalue weighted by Gasteiger charge is -2.29. The molecule has 0 atom stereocenters. The number of aryl methyl sites for hydroxylation is 1. The molecule has 0 unspecified atom stereocenters. The van der Waals surface area contributed by atoms with Gasteiger partial charge in [0.2, 0.25) is 6.41 Å². The summed E-state index contributed by atoms with van der Waals surface area (Å²) in [5, 5.41) is 6.87. The Kier molecular flexibility index (Phi) is 7.02. The largest absolute Gasteiger partial charge is 0.369 e. The molecule has 0 aliphatic carbocycles. The van der Waals surface area contributed by atoms with Crippen LogP contribution < -0.4 is 15.5 Å². The van der Waals surface area contributed by atoms with Crippen LogP contribution in [0, 0.1) is 6.92 Å². The second-order valence-electron chi connectivity index (χ2n) is 7.10. The van der Waals surface area contributed by atoms with Crippen molar-refractivity contribution in [3.8, 4) is 0 Å². The number of carbonyl (C=O) groups is 1. The number of carbonyl (C=O) groups excluding carboxylic acids is 1. The first-order chi connectivity index (χ1) is 14.4. The molecule has 8 heteroatoms. The van der Waals surface area contributed by atoms with Gasteiger partial charge in [-0.1, -0.05) is 12.1 Å². The van der Waals surface area contributed by atoms with E-state index in [9.17, 15) is 13.2 Å². The SMILES string of the molecule is Cc1ccc(N2CCNCC2)cc1S(C)(=O)=O.O=CNc1cccc2ncccc12. The lowest BCUT2D eigenvalue weighted by Crippen LogP contribution is -2.43. The molecule has 1 amide bonds. The van der Waals surface area contributed by atoms with Crippen LogP contribution in [-0.2, 0) is 14.6 Å². The van der Waals surface area contributed by atoms with E-state index in [4.69, 9.17) is 0 Å². The van der Waals surface area contributed by atoms with E-state index < -0.39 is 9.84 Å².